The molecular weight excluding hydrogens is 426 g/mol. The molecule has 0 unspecified atom stereocenters. The van der Waals surface area contributed by atoms with Crippen LogP contribution in [0.5, 0.6) is 11.5 Å². The largest absolute Gasteiger partial charge is 0.454 e. The number of fused-ring (bicyclic) bond motifs is 2. The van der Waals surface area contributed by atoms with Gasteiger partial charge in [0, 0.05) is 31.7 Å². The standard InChI is InChI=1S/C24H27N3O4S/c1-16-12-17(2)22-19(13-16)25-24(32-22)27(7-3-6-26-8-10-29-11-9-26)23(28)18-4-5-20-21(14-18)31-15-30-20/h4-5,12-14H,3,6-11,15H2,1-2H3. The SMILES string of the molecule is Cc1cc(C)c2sc(N(CCCN3CCOCC3)C(=O)c3ccc4c(c3)OCO4)nc2c1. The maximum absolute atomic E-state index is 13.6. The van der Waals surface area contributed by atoms with Crippen molar-refractivity contribution in [3.8, 4) is 11.5 Å². The molecular formula is C24H27N3O4S. The van der Waals surface area contributed by atoms with Crippen LogP contribution in [-0.2, 0) is 4.74 Å². The number of aryl methyl sites for hydroxylation is 2. The van der Waals surface area contributed by atoms with Crippen LogP contribution in [0.25, 0.3) is 10.2 Å². The van der Waals surface area contributed by atoms with Crippen LogP contribution in [0.4, 0.5) is 5.13 Å². The summed E-state index contributed by atoms with van der Waals surface area (Å²) in [6, 6.07) is 9.61. The fourth-order valence-electron chi connectivity index (χ4n) is 4.23. The van der Waals surface area contributed by atoms with E-state index in [1.807, 2.05) is 4.90 Å². The molecule has 1 aromatic heterocycles. The minimum atomic E-state index is -0.0706. The highest BCUT2D eigenvalue weighted by atomic mass is 32.1. The lowest BCUT2D eigenvalue weighted by molar-refractivity contribution is 0.0376. The number of thiazole rings is 1. The molecule has 0 saturated carbocycles. The highest BCUT2D eigenvalue weighted by molar-refractivity contribution is 7.22. The highest BCUT2D eigenvalue weighted by Crippen LogP contribution is 2.35. The molecule has 0 N–H and O–H groups in total. The summed E-state index contributed by atoms with van der Waals surface area (Å²) in [4.78, 5) is 22.7. The van der Waals surface area contributed by atoms with Gasteiger partial charge in [0.2, 0.25) is 6.79 Å². The van der Waals surface area contributed by atoms with Crippen molar-refractivity contribution in [2.45, 2.75) is 20.3 Å². The summed E-state index contributed by atoms with van der Waals surface area (Å²) in [6.07, 6.45) is 0.865. The van der Waals surface area contributed by atoms with Crippen LogP contribution in [0.1, 0.15) is 27.9 Å². The Labute approximate surface area is 191 Å². The summed E-state index contributed by atoms with van der Waals surface area (Å²) in [7, 11) is 0. The van der Waals surface area contributed by atoms with Gasteiger partial charge in [-0.05, 0) is 55.7 Å². The number of amides is 1. The van der Waals surface area contributed by atoms with E-state index >= 15 is 0 Å². The van der Waals surface area contributed by atoms with E-state index in [-0.39, 0.29) is 12.7 Å². The summed E-state index contributed by atoms with van der Waals surface area (Å²) < 4.78 is 17.5. The Kier molecular flexibility index (Phi) is 5.99. The Bertz CT molecular complexity index is 1140. The van der Waals surface area contributed by atoms with E-state index in [2.05, 4.69) is 30.9 Å². The Hall–Kier alpha value is -2.68. The van der Waals surface area contributed by atoms with Crippen LogP contribution in [0.3, 0.4) is 0 Å². The third-order valence-corrected chi connectivity index (χ3v) is 7.09. The van der Waals surface area contributed by atoms with E-state index < -0.39 is 0 Å². The molecule has 2 aliphatic heterocycles. The molecule has 0 bridgehead atoms. The Balaban J connectivity index is 1.42. The van der Waals surface area contributed by atoms with Gasteiger partial charge in [-0.25, -0.2) is 4.98 Å². The smallest absolute Gasteiger partial charge is 0.260 e. The van der Waals surface area contributed by atoms with Crippen LogP contribution >= 0.6 is 11.3 Å². The Morgan fingerprint density at radius 1 is 1.12 bits per heavy atom. The van der Waals surface area contributed by atoms with Crippen LogP contribution < -0.4 is 14.4 Å². The highest BCUT2D eigenvalue weighted by Gasteiger charge is 2.24. The summed E-state index contributed by atoms with van der Waals surface area (Å²) in [5, 5.41) is 0.735. The number of hydrogen-bond donors (Lipinski definition) is 0. The van der Waals surface area contributed by atoms with E-state index in [0.29, 0.717) is 23.6 Å². The number of morpholine rings is 1. The molecule has 1 fully saturated rings. The molecule has 5 rings (SSSR count). The molecule has 32 heavy (non-hydrogen) atoms. The number of anilines is 1. The van der Waals surface area contributed by atoms with Gasteiger partial charge in [-0.1, -0.05) is 17.4 Å². The second-order valence-corrected chi connectivity index (χ2v) is 9.24. The third kappa shape index (κ3) is 4.30. The number of rotatable bonds is 6. The zero-order valence-electron chi connectivity index (χ0n) is 18.4. The second kappa shape index (κ2) is 9.05. The number of aromatic nitrogens is 1. The van der Waals surface area contributed by atoms with Gasteiger partial charge in [-0.15, -0.1) is 0 Å². The maximum Gasteiger partial charge on any atom is 0.260 e. The van der Waals surface area contributed by atoms with Crippen molar-refractivity contribution < 1.29 is 19.0 Å². The van der Waals surface area contributed by atoms with Gasteiger partial charge >= 0.3 is 0 Å². The molecule has 8 heteroatoms. The van der Waals surface area contributed by atoms with Gasteiger partial charge in [0.25, 0.3) is 5.91 Å². The van der Waals surface area contributed by atoms with Crippen LogP contribution in [0.15, 0.2) is 30.3 Å². The first-order valence-electron chi connectivity index (χ1n) is 11.0. The minimum Gasteiger partial charge on any atom is -0.454 e. The van der Waals surface area contributed by atoms with Crippen molar-refractivity contribution in [3.63, 3.8) is 0 Å². The fraction of sp³-hybridized carbons (Fsp3) is 0.417. The van der Waals surface area contributed by atoms with Gasteiger partial charge in [-0.3, -0.25) is 14.6 Å². The molecule has 0 atom stereocenters. The average molecular weight is 454 g/mol. The Morgan fingerprint density at radius 3 is 2.78 bits per heavy atom. The van der Waals surface area contributed by atoms with E-state index in [0.717, 1.165) is 54.6 Å². The minimum absolute atomic E-state index is 0.0706. The molecule has 2 aliphatic rings. The first-order chi connectivity index (χ1) is 15.6. The van der Waals surface area contributed by atoms with Gasteiger partial charge < -0.3 is 14.2 Å². The molecule has 0 radical (unpaired) electrons. The molecule has 0 aliphatic carbocycles. The number of carbonyl (C=O) groups is 1. The summed E-state index contributed by atoms with van der Waals surface area (Å²) >= 11 is 1.58. The molecule has 168 valence electrons. The monoisotopic (exact) mass is 453 g/mol. The molecule has 1 amide bonds. The average Bonchev–Trinajstić information content (AvgIpc) is 3.43. The lowest BCUT2D eigenvalue weighted by Gasteiger charge is -2.27. The zero-order valence-corrected chi connectivity index (χ0v) is 19.2. The molecule has 0 spiro atoms. The van der Waals surface area contributed by atoms with Crippen LogP contribution in [0, 0.1) is 13.8 Å². The van der Waals surface area contributed by atoms with Crippen LogP contribution in [-0.4, -0.2) is 62.0 Å². The third-order valence-electron chi connectivity index (χ3n) is 5.86. The number of benzene rings is 2. The van der Waals surface area contributed by atoms with Crippen molar-refractivity contribution in [3.05, 3.63) is 47.0 Å². The van der Waals surface area contributed by atoms with E-state index in [1.165, 1.54) is 11.1 Å². The van der Waals surface area contributed by atoms with Gasteiger partial charge in [0.1, 0.15) is 0 Å². The number of hydrogen-bond acceptors (Lipinski definition) is 7. The van der Waals surface area contributed by atoms with Crippen molar-refractivity contribution in [1.82, 2.24) is 9.88 Å². The topological polar surface area (TPSA) is 64.1 Å². The first kappa shape index (κ1) is 21.2. The zero-order chi connectivity index (χ0) is 22.1. The number of carbonyl (C=O) groups excluding carboxylic acids is 1. The molecule has 7 nitrogen and oxygen atoms in total. The molecule has 3 heterocycles. The van der Waals surface area contributed by atoms with E-state index in [1.54, 1.807) is 29.5 Å². The molecule has 1 saturated heterocycles. The van der Waals surface area contributed by atoms with Crippen molar-refractivity contribution in [1.29, 1.82) is 0 Å². The summed E-state index contributed by atoms with van der Waals surface area (Å²) in [6.45, 7) is 9.31. The molecule has 2 aromatic carbocycles. The lowest BCUT2D eigenvalue weighted by Crippen LogP contribution is -2.39. The van der Waals surface area contributed by atoms with E-state index in [4.69, 9.17) is 19.2 Å². The van der Waals surface area contributed by atoms with Crippen molar-refractivity contribution >= 4 is 32.6 Å². The summed E-state index contributed by atoms with van der Waals surface area (Å²) in [5.74, 6) is 1.21. The predicted octanol–water partition coefficient (Wildman–Crippen LogP) is 4.01. The first-order valence-corrected chi connectivity index (χ1v) is 11.8. The quantitative estimate of drug-likeness (QED) is 0.562. The molecule has 3 aromatic rings. The van der Waals surface area contributed by atoms with Crippen molar-refractivity contribution in [2.75, 3.05) is 51.1 Å². The number of ether oxygens (including phenoxy) is 3. The second-order valence-electron chi connectivity index (χ2n) is 8.26. The predicted molar refractivity (Wildman–Crippen MR) is 125 cm³/mol. The van der Waals surface area contributed by atoms with Crippen molar-refractivity contribution in [2.24, 2.45) is 0 Å². The van der Waals surface area contributed by atoms with Gasteiger partial charge in [-0.2, -0.15) is 0 Å². The van der Waals surface area contributed by atoms with Crippen LogP contribution in [0.2, 0.25) is 0 Å². The number of nitrogens with zero attached hydrogens (tertiary/aromatic N) is 3. The lowest BCUT2D eigenvalue weighted by atomic mass is 10.1. The normalized spacial score (nSPS) is 15.9. The van der Waals surface area contributed by atoms with Gasteiger partial charge in [0.05, 0.1) is 23.4 Å². The fourth-order valence-corrected chi connectivity index (χ4v) is 5.27. The Morgan fingerprint density at radius 2 is 1.94 bits per heavy atom. The summed E-state index contributed by atoms with van der Waals surface area (Å²) in [5.41, 5.74) is 3.88. The van der Waals surface area contributed by atoms with E-state index in [9.17, 15) is 4.79 Å². The maximum atomic E-state index is 13.6. The van der Waals surface area contributed by atoms with Gasteiger partial charge in [0.15, 0.2) is 16.6 Å².